The molecular formula is C29H25F3N2O3. The molecule has 0 radical (unpaired) electrons. The van der Waals surface area contributed by atoms with Crippen LogP contribution in [0, 0.1) is 6.92 Å². The van der Waals surface area contributed by atoms with Gasteiger partial charge in [-0.1, -0.05) is 54.1 Å². The lowest BCUT2D eigenvalue weighted by Crippen LogP contribution is -2.45. The molecule has 3 aromatic rings. The number of benzene rings is 3. The van der Waals surface area contributed by atoms with Gasteiger partial charge in [0, 0.05) is 17.7 Å². The van der Waals surface area contributed by atoms with E-state index < -0.39 is 18.1 Å². The predicted octanol–water partition coefficient (Wildman–Crippen LogP) is 6.47. The van der Waals surface area contributed by atoms with Gasteiger partial charge < -0.3 is 10.1 Å². The van der Waals surface area contributed by atoms with Crippen LogP contribution in [0.4, 0.5) is 24.5 Å². The summed E-state index contributed by atoms with van der Waals surface area (Å²) in [6.07, 6.45) is -4.62. The van der Waals surface area contributed by atoms with Crippen LogP contribution in [0.3, 0.4) is 0 Å². The van der Waals surface area contributed by atoms with Gasteiger partial charge in [-0.05, 0) is 54.7 Å². The standard InChI is InChI=1S/C29H25F3N2O3/c1-17-7-9-19(10-8-17)27-26-23(15-20(16-25(26)35)18-11-13-21(37-2)14-12-18)33-22-5-3-4-6-24(22)34(27)28(36)29(30,31)32/h3-14,20,27,33H,15-16H2,1-2H3/t20-,27+/m0/s1. The lowest BCUT2D eigenvalue weighted by atomic mass is 9.78. The van der Waals surface area contributed by atoms with Gasteiger partial charge >= 0.3 is 12.1 Å². The average Bonchev–Trinajstić information content (AvgIpc) is 3.03. The fourth-order valence-corrected chi connectivity index (χ4v) is 5.13. The van der Waals surface area contributed by atoms with E-state index >= 15 is 0 Å². The summed E-state index contributed by atoms with van der Waals surface area (Å²) >= 11 is 0. The molecule has 5 rings (SSSR count). The van der Waals surface area contributed by atoms with Crippen LogP contribution in [0.1, 0.15) is 41.5 Å². The Balaban J connectivity index is 1.70. The molecule has 5 nitrogen and oxygen atoms in total. The number of rotatable bonds is 3. The predicted molar refractivity (Wildman–Crippen MR) is 135 cm³/mol. The molecule has 190 valence electrons. The highest BCUT2D eigenvalue weighted by Gasteiger charge is 2.49. The van der Waals surface area contributed by atoms with E-state index in [-0.39, 0.29) is 29.4 Å². The molecule has 0 saturated carbocycles. The van der Waals surface area contributed by atoms with Gasteiger partial charge in [0.05, 0.1) is 24.5 Å². The number of halogens is 3. The fraction of sp³-hybridized carbons (Fsp3) is 0.241. The number of amides is 1. The van der Waals surface area contributed by atoms with Crippen molar-refractivity contribution < 1.29 is 27.5 Å². The first-order valence-corrected chi connectivity index (χ1v) is 11.9. The van der Waals surface area contributed by atoms with E-state index in [0.717, 1.165) is 16.0 Å². The molecule has 3 aromatic carbocycles. The number of aryl methyl sites for hydroxylation is 1. The van der Waals surface area contributed by atoms with E-state index in [4.69, 9.17) is 4.74 Å². The molecule has 0 bridgehead atoms. The first kappa shape index (κ1) is 24.6. The molecule has 0 fully saturated rings. The van der Waals surface area contributed by atoms with Crippen LogP contribution in [0.15, 0.2) is 84.1 Å². The molecule has 1 N–H and O–H groups in total. The van der Waals surface area contributed by atoms with Crippen LogP contribution < -0.4 is 15.0 Å². The van der Waals surface area contributed by atoms with Crippen molar-refractivity contribution in [3.8, 4) is 5.75 Å². The van der Waals surface area contributed by atoms with E-state index in [1.54, 1.807) is 49.6 Å². The number of fused-ring (bicyclic) bond motifs is 1. The first-order valence-electron chi connectivity index (χ1n) is 11.9. The monoisotopic (exact) mass is 506 g/mol. The Morgan fingerprint density at radius 2 is 1.59 bits per heavy atom. The molecule has 0 saturated heterocycles. The van der Waals surface area contributed by atoms with E-state index in [0.29, 0.717) is 29.1 Å². The number of nitrogens with one attached hydrogen (secondary N) is 1. The van der Waals surface area contributed by atoms with Gasteiger partial charge in [0.25, 0.3) is 0 Å². The molecule has 2 aliphatic rings. The summed E-state index contributed by atoms with van der Waals surface area (Å²) in [6.45, 7) is 1.86. The Bertz CT molecular complexity index is 1380. The van der Waals surface area contributed by atoms with Crippen molar-refractivity contribution in [2.45, 2.75) is 37.9 Å². The van der Waals surface area contributed by atoms with Crippen molar-refractivity contribution in [1.29, 1.82) is 0 Å². The Hall–Kier alpha value is -4.07. The first-order chi connectivity index (χ1) is 17.7. The maximum absolute atomic E-state index is 14.0. The molecule has 0 unspecified atom stereocenters. The third-order valence-corrected chi connectivity index (χ3v) is 6.93. The lowest BCUT2D eigenvalue weighted by molar-refractivity contribution is -0.170. The quantitative estimate of drug-likeness (QED) is 0.443. The van der Waals surface area contributed by atoms with E-state index in [2.05, 4.69) is 5.32 Å². The highest BCUT2D eigenvalue weighted by atomic mass is 19.4. The Kier molecular flexibility index (Phi) is 6.27. The number of allylic oxidation sites excluding steroid dienone is 1. The Morgan fingerprint density at radius 1 is 0.946 bits per heavy atom. The molecule has 37 heavy (non-hydrogen) atoms. The van der Waals surface area contributed by atoms with E-state index in [1.807, 2.05) is 31.2 Å². The Morgan fingerprint density at radius 3 is 2.24 bits per heavy atom. The second kappa shape index (κ2) is 9.42. The topological polar surface area (TPSA) is 58.6 Å². The number of anilines is 2. The smallest absolute Gasteiger partial charge is 0.471 e. The van der Waals surface area contributed by atoms with Crippen molar-refractivity contribution >= 4 is 23.1 Å². The van der Waals surface area contributed by atoms with Gasteiger partial charge in [-0.3, -0.25) is 14.5 Å². The van der Waals surface area contributed by atoms with E-state index in [1.165, 1.54) is 6.07 Å². The number of hydrogen-bond acceptors (Lipinski definition) is 4. The molecule has 1 aliphatic heterocycles. The van der Waals surface area contributed by atoms with Gasteiger partial charge in [0.2, 0.25) is 0 Å². The number of alkyl halides is 3. The zero-order chi connectivity index (χ0) is 26.3. The number of ketones is 1. The minimum atomic E-state index is -5.13. The minimum Gasteiger partial charge on any atom is -0.497 e. The van der Waals surface area contributed by atoms with Crippen molar-refractivity contribution in [3.63, 3.8) is 0 Å². The average molecular weight is 507 g/mol. The van der Waals surface area contributed by atoms with Crippen LogP contribution in [-0.2, 0) is 9.59 Å². The molecule has 1 amide bonds. The highest BCUT2D eigenvalue weighted by molar-refractivity contribution is 6.07. The summed E-state index contributed by atoms with van der Waals surface area (Å²) in [5, 5.41) is 3.23. The molecule has 1 aliphatic carbocycles. The maximum Gasteiger partial charge on any atom is 0.471 e. The summed E-state index contributed by atoms with van der Waals surface area (Å²) < 4.78 is 47.1. The Labute approximate surface area is 212 Å². The van der Waals surface area contributed by atoms with Crippen LogP contribution in [-0.4, -0.2) is 25.0 Å². The molecule has 0 spiro atoms. The number of carbonyl (C=O) groups excluding carboxylic acids is 2. The summed E-state index contributed by atoms with van der Waals surface area (Å²) in [4.78, 5) is 27.4. The normalized spacial score (nSPS) is 19.5. The third-order valence-electron chi connectivity index (χ3n) is 6.93. The van der Waals surface area contributed by atoms with Crippen molar-refractivity contribution in [1.82, 2.24) is 0 Å². The third kappa shape index (κ3) is 4.59. The highest BCUT2D eigenvalue weighted by Crippen LogP contribution is 2.48. The zero-order valence-corrected chi connectivity index (χ0v) is 20.3. The molecular weight excluding hydrogens is 481 g/mol. The summed E-state index contributed by atoms with van der Waals surface area (Å²) in [7, 11) is 1.57. The van der Waals surface area contributed by atoms with Crippen molar-refractivity contribution in [3.05, 3.63) is 101 Å². The van der Waals surface area contributed by atoms with Crippen LogP contribution in [0.5, 0.6) is 5.75 Å². The second-order valence-corrected chi connectivity index (χ2v) is 9.32. The van der Waals surface area contributed by atoms with Gasteiger partial charge in [-0.25, -0.2) is 0 Å². The van der Waals surface area contributed by atoms with Crippen LogP contribution >= 0.6 is 0 Å². The number of ether oxygens (including phenoxy) is 1. The fourth-order valence-electron chi connectivity index (χ4n) is 5.13. The van der Waals surface area contributed by atoms with Gasteiger partial charge in [-0.2, -0.15) is 13.2 Å². The second-order valence-electron chi connectivity index (χ2n) is 9.32. The molecule has 0 aromatic heterocycles. The van der Waals surface area contributed by atoms with Crippen molar-refractivity contribution in [2.24, 2.45) is 0 Å². The van der Waals surface area contributed by atoms with E-state index in [9.17, 15) is 22.8 Å². The number of carbonyl (C=O) groups is 2. The van der Waals surface area contributed by atoms with Gasteiger partial charge in [0.15, 0.2) is 5.78 Å². The number of hydrogen-bond donors (Lipinski definition) is 1. The largest absolute Gasteiger partial charge is 0.497 e. The van der Waals surface area contributed by atoms with Crippen LogP contribution in [0.25, 0.3) is 0 Å². The molecule has 8 heteroatoms. The van der Waals surface area contributed by atoms with Crippen LogP contribution in [0.2, 0.25) is 0 Å². The number of nitrogens with zero attached hydrogens (tertiary/aromatic N) is 1. The maximum atomic E-state index is 14.0. The number of para-hydroxylation sites is 2. The van der Waals surface area contributed by atoms with Crippen molar-refractivity contribution in [2.75, 3.05) is 17.3 Å². The SMILES string of the molecule is COc1ccc([C@@H]2CC(=O)C3=C(C2)Nc2ccccc2N(C(=O)C(F)(F)F)[C@@H]3c2ccc(C)cc2)cc1. The molecule has 1 heterocycles. The summed E-state index contributed by atoms with van der Waals surface area (Å²) in [5.74, 6) is -1.81. The van der Waals surface area contributed by atoms with Gasteiger partial charge in [-0.15, -0.1) is 0 Å². The molecule has 2 atom stereocenters. The summed E-state index contributed by atoms with van der Waals surface area (Å²) in [5.41, 5.74) is 3.38. The van der Waals surface area contributed by atoms with Gasteiger partial charge in [0.1, 0.15) is 5.75 Å². The summed E-state index contributed by atoms with van der Waals surface area (Å²) in [6, 6.07) is 19.4. The lowest BCUT2D eigenvalue weighted by Gasteiger charge is -2.35. The zero-order valence-electron chi connectivity index (χ0n) is 20.3. The minimum absolute atomic E-state index is 0.0681. The number of methoxy groups -OCH3 is 1. The number of Topliss-reactive ketones (excluding diaryl/α,β-unsaturated/α-hetero) is 1.